The smallest absolute Gasteiger partial charge is 0.250 e. The topological polar surface area (TPSA) is 34.0 Å². The number of aryl methyl sites for hydroxylation is 1. The molecule has 0 unspecified atom stereocenters. The van der Waals surface area contributed by atoms with Gasteiger partial charge < -0.3 is 9.88 Å². The molecule has 0 radical (unpaired) electrons. The van der Waals surface area contributed by atoms with E-state index >= 15 is 0 Å². The molecule has 0 spiro atoms. The van der Waals surface area contributed by atoms with E-state index in [1.165, 1.54) is 0 Å². The van der Waals surface area contributed by atoms with E-state index in [-0.39, 0.29) is 5.56 Å². The Labute approximate surface area is 91.1 Å². The summed E-state index contributed by atoms with van der Waals surface area (Å²) in [6.45, 7) is 7.02. The minimum absolute atomic E-state index is 0.0626. The van der Waals surface area contributed by atoms with E-state index in [0.717, 1.165) is 25.1 Å². The molecule has 0 amide bonds. The Hall–Kier alpha value is -1.25. The van der Waals surface area contributed by atoms with Gasteiger partial charge in [0.2, 0.25) is 0 Å². The lowest BCUT2D eigenvalue weighted by Crippen LogP contribution is -2.21. The number of aromatic nitrogens is 1. The fraction of sp³-hybridized carbons (Fsp3) is 0.583. The summed E-state index contributed by atoms with van der Waals surface area (Å²) in [6, 6.07) is 3.97. The van der Waals surface area contributed by atoms with Crippen LogP contribution < -0.4 is 10.9 Å². The molecule has 0 saturated carbocycles. The van der Waals surface area contributed by atoms with Gasteiger partial charge in [-0.1, -0.05) is 13.8 Å². The molecule has 0 aliphatic heterocycles. The Bertz CT molecular complexity index is 353. The third-order valence-electron chi connectivity index (χ3n) is 2.68. The molecule has 1 heterocycles. The van der Waals surface area contributed by atoms with Gasteiger partial charge in [-0.3, -0.25) is 4.79 Å². The standard InChI is InChI=1S/C12H20N2O/c1-4-10(5-2)13-11-7-8-12(15)14(6-3)9-11/h7-10,13H,4-6H2,1-3H3. The molecule has 3 nitrogen and oxygen atoms in total. The molecule has 0 bridgehead atoms. The summed E-state index contributed by atoms with van der Waals surface area (Å²) < 4.78 is 1.71. The second-order valence-corrected chi connectivity index (χ2v) is 3.70. The molecule has 0 aliphatic rings. The molecule has 1 rings (SSSR count). The third-order valence-corrected chi connectivity index (χ3v) is 2.68. The van der Waals surface area contributed by atoms with Crippen molar-refractivity contribution >= 4 is 5.69 Å². The average Bonchev–Trinajstić information content (AvgIpc) is 2.28. The monoisotopic (exact) mass is 208 g/mol. The van der Waals surface area contributed by atoms with E-state index in [0.29, 0.717) is 6.04 Å². The summed E-state index contributed by atoms with van der Waals surface area (Å²) in [6.07, 6.45) is 4.09. The van der Waals surface area contributed by atoms with E-state index in [1.807, 2.05) is 19.2 Å². The van der Waals surface area contributed by atoms with Crippen LogP contribution in [0.1, 0.15) is 33.6 Å². The van der Waals surface area contributed by atoms with Crippen molar-refractivity contribution in [2.45, 2.75) is 46.2 Å². The predicted octanol–water partition coefficient (Wildman–Crippen LogP) is 2.47. The van der Waals surface area contributed by atoms with Gasteiger partial charge in [0.05, 0.1) is 5.69 Å². The normalized spacial score (nSPS) is 10.7. The van der Waals surface area contributed by atoms with Crippen molar-refractivity contribution in [2.24, 2.45) is 0 Å². The van der Waals surface area contributed by atoms with Gasteiger partial charge in [0, 0.05) is 24.8 Å². The summed E-state index contributed by atoms with van der Waals surface area (Å²) in [4.78, 5) is 11.4. The molecule has 0 aliphatic carbocycles. The van der Waals surface area contributed by atoms with Crippen molar-refractivity contribution in [3.05, 3.63) is 28.7 Å². The molecule has 0 atom stereocenters. The Balaban J connectivity index is 2.82. The van der Waals surface area contributed by atoms with Crippen LogP contribution in [0, 0.1) is 0 Å². The van der Waals surface area contributed by atoms with Gasteiger partial charge in [0.1, 0.15) is 0 Å². The number of pyridine rings is 1. The van der Waals surface area contributed by atoms with Crippen molar-refractivity contribution in [1.29, 1.82) is 0 Å². The number of rotatable bonds is 5. The first-order valence-electron chi connectivity index (χ1n) is 5.68. The van der Waals surface area contributed by atoms with Gasteiger partial charge in [-0.2, -0.15) is 0 Å². The second kappa shape index (κ2) is 5.59. The lowest BCUT2D eigenvalue weighted by molar-refractivity contribution is 0.666. The van der Waals surface area contributed by atoms with Crippen molar-refractivity contribution in [2.75, 3.05) is 5.32 Å². The molecular formula is C12H20N2O. The number of hydrogen-bond donors (Lipinski definition) is 1. The van der Waals surface area contributed by atoms with Crippen molar-refractivity contribution < 1.29 is 0 Å². The first kappa shape index (κ1) is 11.8. The molecule has 0 aromatic carbocycles. The highest BCUT2D eigenvalue weighted by Gasteiger charge is 2.03. The van der Waals surface area contributed by atoms with E-state index in [1.54, 1.807) is 10.6 Å². The van der Waals surface area contributed by atoms with Gasteiger partial charge in [0.15, 0.2) is 0 Å². The van der Waals surface area contributed by atoms with Gasteiger partial charge in [0.25, 0.3) is 5.56 Å². The summed E-state index contributed by atoms with van der Waals surface area (Å²) in [7, 11) is 0. The van der Waals surface area contributed by atoms with Gasteiger partial charge in [-0.05, 0) is 25.8 Å². The molecule has 3 heteroatoms. The highest BCUT2D eigenvalue weighted by molar-refractivity contribution is 5.41. The number of nitrogens with one attached hydrogen (secondary N) is 1. The maximum atomic E-state index is 11.4. The summed E-state index contributed by atoms with van der Waals surface area (Å²) in [5.74, 6) is 0. The van der Waals surface area contributed by atoms with Crippen LogP contribution in [0.3, 0.4) is 0 Å². The largest absolute Gasteiger partial charge is 0.381 e. The van der Waals surface area contributed by atoms with Gasteiger partial charge >= 0.3 is 0 Å². The average molecular weight is 208 g/mol. The molecule has 1 aromatic rings. The van der Waals surface area contributed by atoms with E-state index in [2.05, 4.69) is 19.2 Å². The van der Waals surface area contributed by atoms with Gasteiger partial charge in [-0.15, -0.1) is 0 Å². The summed E-state index contributed by atoms with van der Waals surface area (Å²) in [5, 5.41) is 3.42. The molecule has 1 aromatic heterocycles. The Kier molecular flexibility index (Phi) is 4.40. The molecule has 84 valence electrons. The molecule has 15 heavy (non-hydrogen) atoms. The van der Waals surface area contributed by atoms with E-state index < -0.39 is 0 Å². The second-order valence-electron chi connectivity index (χ2n) is 3.70. The predicted molar refractivity (Wildman–Crippen MR) is 64.4 cm³/mol. The summed E-state index contributed by atoms with van der Waals surface area (Å²) >= 11 is 0. The maximum Gasteiger partial charge on any atom is 0.250 e. The third kappa shape index (κ3) is 3.11. The lowest BCUT2D eigenvalue weighted by atomic mass is 10.1. The van der Waals surface area contributed by atoms with Crippen LogP contribution in [0.4, 0.5) is 5.69 Å². The first-order valence-corrected chi connectivity index (χ1v) is 5.68. The molecule has 0 fully saturated rings. The van der Waals surface area contributed by atoms with E-state index in [9.17, 15) is 4.79 Å². The SMILES string of the molecule is CCC(CC)Nc1ccc(=O)n(CC)c1. The Morgan fingerprint density at radius 2 is 1.93 bits per heavy atom. The van der Waals surface area contributed by atoms with Crippen molar-refractivity contribution in [3.8, 4) is 0 Å². The van der Waals surface area contributed by atoms with Crippen LogP contribution in [0.2, 0.25) is 0 Å². The quantitative estimate of drug-likeness (QED) is 0.806. The van der Waals surface area contributed by atoms with Crippen LogP contribution in [-0.2, 0) is 6.54 Å². The Morgan fingerprint density at radius 3 is 2.47 bits per heavy atom. The van der Waals surface area contributed by atoms with Crippen molar-refractivity contribution in [3.63, 3.8) is 0 Å². The Morgan fingerprint density at radius 1 is 1.27 bits per heavy atom. The van der Waals surface area contributed by atoms with Crippen LogP contribution in [0.5, 0.6) is 0 Å². The molecular weight excluding hydrogens is 188 g/mol. The minimum Gasteiger partial charge on any atom is -0.381 e. The van der Waals surface area contributed by atoms with Crippen LogP contribution in [0.25, 0.3) is 0 Å². The minimum atomic E-state index is 0.0626. The fourth-order valence-corrected chi connectivity index (χ4v) is 1.59. The highest BCUT2D eigenvalue weighted by atomic mass is 16.1. The summed E-state index contributed by atoms with van der Waals surface area (Å²) in [5.41, 5.74) is 1.10. The van der Waals surface area contributed by atoms with E-state index in [4.69, 9.17) is 0 Å². The molecule has 0 saturated heterocycles. The first-order chi connectivity index (χ1) is 7.21. The van der Waals surface area contributed by atoms with Crippen molar-refractivity contribution in [1.82, 2.24) is 4.57 Å². The maximum absolute atomic E-state index is 11.4. The number of anilines is 1. The van der Waals surface area contributed by atoms with Gasteiger partial charge in [-0.25, -0.2) is 0 Å². The fourth-order valence-electron chi connectivity index (χ4n) is 1.59. The lowest BCUT2D eigenvalue weighted by Gasteiger charge is -2.16. The zero-order valence-electron chi connectivity index (χ0n) is 9.79. The molecule has 1 N–H and O–H groups in total. The van der Waals surface area contributed by atoms with Crippen LogP contribution in [0.15, 0.2) is 23.1 Å². The zero-order valence-corrected chi connectivity index (χ0v) is 9.79. The van der Waals surface area contributed by atoms with Crippen LogP contribution >= 0.6 is 0 Å². The highest BCUT2D eigenvalue weighted by Crippen LogP contribution is 2.09. The number of nitrogens with zero attached hydrogens (tertiary/aromatic N) is 1. The number of hydrogen-bond acceptors (Lipinski definition) is 2. The zero-order chi connectivity index (χ0) is 11.3. The van der Waals surface area contributed by atoms with Crippen LogP contribution in [-0.4, -0.2) is 10.6 Å².